The van der Waals surface area contributed by atoms with Crippen LogP contribution in [0.2, 0.25) is 0 Å². The summed E-state index contributed by atoms with van der Waals surface area (Å²) in [5, 5.41) is 24.5. The summed E-state index contributed by atoms with van der Waals surface area (Å²) < 4.78 is 13.6. The maximum absolute atomic E-state index is 13.6. The highest BCUT2D eigenvalue weighted by atomic mass is 19.1. The van der Waals surface area contributed by atoms with Gasteiger partial charge in [0.1, 0.15) is 11.4 Å². The molecule has 4 rings (SSSR count). The summed E-state index contributed by atoms with van der Waals surface area (Å²) in [4.78, 5) is 9.53. The van der Waals surface area contributed by atoms with Crippen molar-refractivity contribution in [1.29, 1.82) is 0 Å². The van der Waals surface area contributed by atoms with Crippen molar-refractivity contribution in [2.75, 3.05) is 0 Å². The third kappa shape index (κ3) is 3.41. The smallest absolute Gasteiger partial charge is 0.186 e. The Morgan fingerprint density at radius 3 is 2.10 bits per heavy atom. The largest absolute Gasteiger partial charge is 0.379 e. The quantitative estimate of drug-likeness (QED) is 0.546. The van der Waals surface area contributed by atoms with Crippen molar-refractivity contribution in [1.82, 2.24) is 30.2 Å². The lowest BCUT2D eigenvalue weighted by Gasteiger charge is -2.35. The van der Waals surface area contributed by atoms with Gasteiger partial charge in [-0.2, -0.15) is 0 Å². The van der Waals surface area contributed by atoms with Gasteiger partial charge >= 0.3 is 0 Å². The van der Waals surface area contributed by atoms with Gasteiger partial charge in [0.25, 0.3) is 0 Å². The predicted octanol–water partition coefficient (Wildman–Crippen LogP) is 2.77. The second kappa shape index (κ2) is 7.69. The molecule has 0 radical (unpaired) electrons. The highest BCUT2D eigenvalue weighted by Gasteiger charge is 2.45. The monoisotopic (exact) mass is 388 g/mol. The normalized spacial score (nSPS) is 12.5. The van der Waals surface area contributed by atoms with Crippen LogP contribution in [0.5, 0.6) is 0 Å². The summed E-state index contributed by atoms with van der Waals surface area (Å²) in [5.74, 6) is -0.960. The minimum absolute atomic E-state index is 0.242. The van der Waals surface area contributed by atoms with Gasteiger partial charge in [0.15, 0.2) is 5.82 Å². The first-order valence-corrected chi connectivity index (χ1v) is 8.83. The third-order valence-corrected chi connectivity index (χ3v) is 4.69. The Hall–Kier alpha value is -3.78. The molecule has 1 aromatic carbocycles. The molecule has 29 heavy (non-hydrogen) atoms. The number of hydrogen-bond donors (Lipinski definition) is 1. The van der Waals surface area contributed by atoms with Crippen molar-refractivity contribution in [3.05, 3.63) is 108 Å². The Kier molecular flexibility index (Phi) is 4.92. The Morgan fingerprint density at radius 1 is 1.00 bits per heavy atom. The summed E-state index contributed by atoms with van der Waals surface area (Å²) >= 11 is 0. The van der Waals surface area contributed by atoms with Crippen LogP contribution >= 0.6 is 0 Å². The third-order valence-electron chi connectivity index (χ3n) is 4.69. The zero-order valence-corrected chi connectivity index (χ0v) is 15.3. The van der Waals surface area contributed by atoms with E-state index in [2.05, 4.69) is 32.0 Å². The molecule has 0 amide bonds. The number of hydrogen-bond acceptors (Lipinski definition) is 6. The fourth-order valence-electron chi connectivity index (χ4n) is 3.34. The molecule has 0 fully saturated rings. The van der Waals surface area contributed by atoms with Gasteiger partial charge in [0.05, 0.1) is 5.92 Å². The van der Waals surface area contributed by atoms with E-state index in [4.69, 9.17) is 0 Å². The maximum atomic E-state index is 13.6. The average molecular weight is 388 g/mol. The molecule has 1 N–H and O–H groups in total. The molecule has 0 aliphatic heterocycles. The first-order valence-electron chi connectivity index (χ1n) is 8.83. The molecule has 0 saturated carbocycles. The molecule has 7 nitrogen and oxygen atoms in total. The second-order valence-corrected chi connectivity index (χ2v) is 6.38. The number of tetrazole rings is 1. The van der Waals surface area contributed by atoms with Crippen LogP contribution in [-0.4, -0.2) is 35.3 Å². The Labute approximate surface area is 166 Å². The topological polar surface area (TPSA) is 89.6 Å². The standard InChI is InChI=1S/C21H17FN6O/c1-2-28-26-20(25-27-28)19(15-7-9-18(22)10-8-15)21(29,16-5-3-11-23-13-16)17-6-4-12-24-14-17/h2-14,19,29H,1H2. The van der Waals surface area contributed by atoms with Crippen LogP contribution < -0.4 is 0 Å². The van der Waals surface area contributed by atoms with Gasteiger partial charge < -0.3 is 5.11 Å². The molecule has 0 saturated heterocycles. The average Bonchev–Trinajstić information content (AvgIpc) is 3.25. The van der Waals surface area contributed by atoms with Gasteiger partial charge in [-0.1, -0.05) is 30.8 Å². The molecule has 8 heteroatoms. The van der Waals surface area contributed by atoms with E-state index in [9.17, 15) is 9.50 Å². The first-order chi connectivity index (χ1) is 14.1. The zero-order chi connectivity index (χ0) is 20.3. The van der Waals surface area contributed by atoms with Crippen LogP contribution in [0, 0.1) is 5.82 Å². The summed E-state index contributed by atoms with van der Waals surface area (Å²) in [5.41, 5.74) is -0.0187. The van der Waals surface area contributed by atoms with Gasteiger partial charge in [0.2, 0.25) is 0 Å². The number of rotatable bonds is 6. The highest BCUT2D eigenvalue weighted by Crippen LogP contribution is 2.44. The van der Waals surface area contributed by atoms with Gasteiger partial charge in [0, 0.05) is 42.1 Å². The Morgan fingerprint density at radius 2 is 1.62 bits per heavy atom. The molecule has 4 aromatic rings. The number of nitrogens with zero attached hydrogens (tertiary/aromatic N) is 6. The van der Waals surface area contributed by atoms with Crippen molar-refractivity contribution in [3.8, 4) is 0 Å². The Balaban J connectivity index is 2.00. The summed E-state index contributed by atoms with van der Waals surface area (Å²) in [7, 11) is 0. The van der Waals surface area contributed by atoms with Crippen LogP contribution in [0.25, 0.3) is 6.20 Å². The number of aliphatic hydroxyl groups is 1. The van der Waals surface area contributed by atoms with E-state index in [0.717, 1.165) is 0 Å². The summed E-state index contributed by atoms with van der Waals surface area (Å²) in [6.07, 6.45) is 7.77. The molecule has 0 aliphatic carbocycles. The molecule has 0 spiro atoms. The fraction of sp³-hybridized carbons (Fsp3) is 0.0952. The molecule has 144 valence electrons. The number of halogens is 1. The predicted molar refractivity (Wildman–Crippen MR) is 104 cm³/mol. The van der Waals surface area contributed by atoms with E-state index in [1.54, 1.807) is 61.2 Å². The fourth-order valence-corrected chi connectivity index (χ4v) is 3.34. The molecular formula is C21H17FN6O. The molecule has 0 bridgehead atoms. The van der Waals surface area contributed by atoms with Crippen molar-refractivity contribution in [2.24, 2.45) is 0 Å². The summed E-state index contributed by atoms with van der Waals surface area (Å²) in [6, 6.07) is 12.8. The van der Waals surface area contributed by atoms with Gasteiger partial charge in [-0.15, -0.1) is 15.0 Å². The maximum Gasteiger partial charge on any atom is 0.186 e. The Bertz CT molecular complexity index is 1060. The lowest BCUT2D eigenvalue weighted by molar-refractivity contribution is 0.0590. The van der Waals surface area contributed by atoms with Crippen molar-refractivity contribution in [2.45, 2.75) is 11.5 Å². The second-order valence-electron chi connectivity index (χ2n) is 6.38. The zero-order valence-electron chi connectivity index (χ0n) is 15.3. The van der Waals surface area contributed by atoms with Gasteiger partial charge in [-0.25, -0.2) is 4.39 Å². The van der Waals surface area contributed by atoms with E-state index >= 15 is 0 Å². The van der Waals surface area contributed by atoms with Crippen LogP contribution in [-0.2, 0) is 5.60 Å². The van der Waals surface area contributed by atoms with Crippen LogP contribution in [0.4, 0.5) is 4.39 Å². The lowest BCUT2D eigenvalue weighted by Crippen LogP contribution is -2.36. The minimum Gasteiger partial charge on any atom is -0.379 e. The van der Waals surface area contributed by atoms with E-state index in [1.807, 2.05) is 0 Å². The van der Waals surface area contributed by atoms with Crippen LogP contribution in [0.1, 0.15) is 28.4 Å². The minimum atomic E-state index is -1.64. The molecule has 3 heterocycles. The van der Waals surface area contributed by atoms with Crippen molar-refractivity contribution in [3.63, 3.8) is 0 Å². The number of aromatic nitrogens is 6. The van der Waals surface area contributed by atoms with E-state index in [0.29, 0.717) is 16.7 Å². The van der Waals surface area contributed by atoms with E-state index in [1.165, 1.54) is 23.1 Å². The van der Waals surface area contributed by atoms with Crippen molar-refractivity contribution >= 4 is 6.20 Å². The number of pyridine rings is 2. The summed E-state index contributed by atoms with van der Waals surface area (Å²) in [6.45, 7) is 3.63. The van der Waals surface area contributed by atoms with Gasteiger partial charge in [-0.05, 0) is 35.0 Å². The van der Waals surface area contributed by atoms with Crippen molar-refractivity contribution < 1.29 is 9.50 Å². The highest BCUT2D eigenvalue weighted by molar-refractivity contribution is 5.43. The molecule has 3 aromatic heterocycles. The van der Waals surface area contributed by atoms with Gasteiger partial charge in [-0.3, -0.25) is 9.97 Å². The molecule has 0 aliphatic rings. The van der Waals surface area contributed by atoms with Crippen LogP contribution in [0.15, 0.2) is 79.9 Å². The van der Waals surface area contributed by atoms with E-state index < -0.39 is 11.5 Å². The molecule has 1 atom stereocenters. The first kappa shape index (κ1) is 18.6. The molecule has 1 unspecified atom stereocenters. The number of benzene rings is 1. The lowest BCUT2D eigenvalue weighted by atomic mass is 9.73. The van der Waals surface area contributed by atoms with E-state index in [-0.39, 0.29) is 11.6 Å². The molecular weight excluding hydrogens is 371 g/mol. The van der Waals surface area contributed by atoms with Crippen LogP contribution in [0.3, 0.4) is 0 Å². The SMILES string of the molecule is C=Cn1nnc(C(c2ccc(F)cc2)C(O)(c2cccnc2)c2cccnc2)n1.